The van der Waals surface area contributed by atoms with Gasteiger partial charge in [0.05, 0.1) is 5.69 Å². The van der Waals surface area contributed by atoms with Crippen molar-refractivity contribution in [2.24, 2.45) is 0 Å². The molecule has 1 atom stereocenters. The molecule has 5 nitrogen and oxygen atoms in total. The number of halogens is 3. The van der Waals surface area contributed by atoms with E-state index in [1.165, 1.54) is 6.07 Å². The van der Waals surface area contributed by atoms with Crippen molar-refractivity contribution >= 4 is 11.6 Å². The molecule has 0 spiro atoms. The number of likely N-dealkylation sites (tertiary alicyclic amines) is 1. The van der Waals surface area contributed by atoms with Crippen LogP contribution in [0, 0.1) is 0 Å². The fourth-order valence-corrected chi connectivity index (χ4v) is 4.67. The zero-order valence-electron chi connectivity index (χ0n) is 16.5. The SMILES string of the molecule is C[C@H]1CCCCN1C(=O)c1cc2nc3c(c(C(F)(F)F)n2n1)CCc1ccccc1-3. The van der Waals surface area contributed by atoms with Crippen LogP contribution in [0.25, 0.3) is 16.9 Å². The lowest BCUT2D eigenvalue weighted by Crippen LogP contribution is -2.42. The molecule has 2 aromatic heterocycles. The molecule has 1 aromatic carbocycles. The van der Waals surface area contributed by atoms with Crippen LogP contribution in [0.2, 0.25) is 0 Å². The van der Waals surface area contributed by atoms with Gasteiger partial charge in [-0.2, -0.15) is 18.3 Å². The molecule has 1 amide bonds. The van der Waals surface area contributed by atoms with Crippen molar-refractivity contribution in [3.8, 4) is 11.3 Å². The molecule has 30 heavy (non-hydrogen) atoms. The topological polar surface area (TPSA) is 50.5 Å². The highest BCUT2D eigenvalue weighted by Gasteiger charge is 2.40. The molecule has 1 aliphatic heterocycles. The lowest BCUT2D eigenvalue weighted by molar-refractivity contribution is -0.143. The van der Waals surface area contributed by atoms with Crippen molar-refractivity contribution in [3.05, 3.63) is 52.8 Å². The van der Waals surface area contributed by atoms with Gasteiger partial charge >= 0.3 is 6.18 Å². The van der Waals surface area contributed by atoms with Crippen molar-refractivity contribution < 1.29 is 18.0 Å². The fourth-order valence-electron chi connectivity index (χ4n) is 4.67. The molecule has 0 bridgehead atoms. The average molecular weight is 414 g/mol. The van der Waals surface area contributed by atoms with Gasteiger partial charge in [0.25, 0.3) is 5.91 Å². The number of hydrogen-bond donors (Lipinski definition) is 0. The predicted octanol–water partition coefficient (Wildman–Crippen LogP) is 4.53. The van der Waals surface area contributed by atoms with Crippen LogP contribution in [0.1, 0.15) is 53.5 Å². The van der Waals surface area contributed by atoms with Crippen molar-refractivity contribution in [1.29, 1.82) is 0 Å². The van der Waals surface area contributed by atoms with Crippen LogP contribution in [-0.4, -0.2) is 38.0 Å². The molecule has 3 heterocycles. The molecule has 0 N–H and O–H groups in total. The first kappa shape index (κ1) is 19.1. The average Bonchev–Trinajstić information content (AvgIpc) is 3.14. The van der Waals surface area contributed by atoms with Gasteiger partial charge in [-0.15, -0.1) is 0 Å². The van der Waals surface area contributed by atoms with Gasteiger partial charge in [0, 0.05) is 29.8 Å². The Morgan fingerprint density at radius 3 is 2.73 bits per heavy atom. The predicted molar refractivity (Wildman–Crippen MR) is 105 cm³/mol. The molecule has 0 saturated carbocycles. The molecule has 3 aromatic rings. The van der Waals surface area contributed by atoms with Crippen LogP contribution in [0.3, 0.4) is 0 Å². The third kappa shape index (κ3) is 2.97. The quantitative estimate of drug-likeness (QED) is 0.588. The van der Waals surface area contributed by atoms with Crippen molar-refractivity contribution in [1.82, 2.24) is 19.5 Å². The Morgan fingerprint density at radius 1 is 1.17 bits per heavy atom. The van der Waals surface area contributed by atoms with E-state index < -0.39 is 11.9 Å². The van der Waals surface area contributed by atoms with Gasteiger partial charge in [-0.1, -0.05) is 24.3 Å². The zero-order valence-corrected chi connectivity index (χ0v) is 16.5. The largest absolute Gasteiger partial charge is 0.433 e. The van der Waals surface area contributed by atoms with Crippen molar-refractivity contribution in [3.63, 3.8) is 0 Å². The van der Waals surface area contributed by atoms with E-state index in [0.29, 0.717) is 24.2 Å². The Morgan fingerprint density at radius 2 is 1.97 bits per heavy atom. The highest BCUT2D eigenvalue weighted by molar-refractivity contribution is 5.93. The molecule has 8 heteroatoms. The summed E-state index contributed by atoms with van der Waals surface area (Å²) in [7, 11) is 0. The van der Waals surface area contributed by atoms with Crippen LogP contribution < -0.4 is 0 Å². The second kappa shape index (κ2) is 6.82. The van der Waals surface area contributed by atoms with Crippen LogP contribution in [-0.2, 0) is 19.0 Å². The number of piperidine rings is 1. The number of fused-ring (bicyclic) bond motifs is 4. The molecule has 156 valence electrons. The molecule has 5 rings (SSSR count). The normalized spacial score (nSPS) is 18.9. The molecular weight excluding hydrogens is 393 g/mol. The molecule has 1 fully saturated rings. The number of nitrogens with zero attached hydrogens (tertiary/aromatic N) is 4. The third-order valence-corrected chi connectivity index (χ3v) is 6.17. The monoisotopic (exact) mass is 414 g/mol. The number of hydrogen-bond acceptors (Lipinski definition) is 3. The minimum atomic E-state index is -4.61. The first-order valence-corrected chi connectivity index (χ1v) is 10.2. The Hall–Kier alpha value is -2.90. The molecular formula is C22H21F3N4O. The Kier molecular flexibility index (Phi) is 4.34. The number of aromatic nitrogens is 3. The highest BCUT2D eigenvalue weighted by Crippen LogP contribution is 2.40. The van der Waals surface area contributed by atoms with Gasteiger partial charge < -0.3 is 4.90 Å². The fraction of sp³-hybridized carbons (Fsp3) is 0.409. The van der Waals surface area contributed by atoms with Gasteiger partial charge in [0.15, 0.2) is 17.0 Å². The summed E-state index contributed by atoms with van der Waals surface area (Å²) in [5.74, 6) is -0.334. The maximum absolute atomic E-state index is 14.1. The van der Waals surface area contributed by atoms with Crippen molar-refractivity contribution in [2.75, 3.05) is 6.54 Å². The maximum Gasteiger partial charge on any atom is 0.433 e. The summed E-state index contributed by atoms with van der Waals surface area (Å²) in [6.45, 7) is 2.55. The van der Waals surface area contributed by atoms with E-state index in [-0.39, 0.29) is 35.3 Å². The second-order valence-corrected chi connectivity index (χ2v) is 8.09. The Labute approximate surface area is 171 Å². The lowest BCUT2D eigenvalue weighted by atomic mass is 9.88. The molecule has 1 saturated heterocycles. The van der Waals surface area contributed by atoms with E-state index in [0.717, 1.165) is 29.3 Å². The van der Waals surface area contributed by atoms with Crippen LogP contribution >= 0.6 is 0 Å². The van der Waals surface area contributed by atoms with Gasteiger partial charge in [-0.05, 0) is 44.6 Å². The number of rotatable bonds is 1. The zero-order chi connectivity index (χ0) is 21.0. The number of amides is 1. The molecule has 0 radical (unpaired) electrons. The summed E-state index contributed by atoms with van der Waals surface area (Å²) < 4.78 is 43.2. The van der Waals surface area contributed by atoms with E-state index in [1.807, 2.05) is 19.1 Å². The van der Waals surface area contributed by atoms with Gasteiger partial charge in [0.1, 0.15) is 0 Å². The van der Waals surface area contributed by atoms with Gasteiger partial charge in [0.2, 0.25) is 0 Å². The molecule has 2 aliphatic rings. The highest BCUT2D eigenvalue weighted by atomic mass is 19.4. The smallest absolute Gasteiger partial charge is 0.335 e. The number of alkyl halides is 3. The number of carbonyl (C=O) groups excluding carboxylic acids is 1. The van der Waals surface area contributed by atoms with E-state index in [9.17, 15) is 18.0 Å². The third-order valence-electron chi connectivity index (χ3n) is 6.17. The van der Waals surface area contributed by atoms with E-state index in [1.54, 1.807) is 17.0 Å². The summed E-state index contributed by atoms with van der Waals surface area (Å²) in [6, 6.07) is 8.83. The Balaban J connectivity index is 1.70. The van der Waals surface area contributed by atoms with Crippen LogP contribution in [0.5, 0.6) is 0 Å². The minimum absolute atomic E-state index is 0.0115. The minimum Gasteiger partial charge on any atom is -0.335 e. The van der Waals surface area contributed by atoms with E-state index in [2.05, 4.69) is 10.1 Å². The number of carbonyl (C=O) groups is 1. The number of aryl methyl sites for hydroxylation is 1. The molecule has 1 aliphatic carbocycles. The van der Waals surface area contributed by atoms with E-state index >= 15 is 0 Å². The summed E-state index contributed by atoms with van der Waals surface area (Å²) in [5, 5.41) is 4.10. The summed E-state index contributed by atoms with van der Waals surface area (Å²) in [6.07, 6.45) is -1.05. The molecule has 0 unspecified atom stereocenters. The lowest BCUT2D eigenvalue weighted by Gasteiger charge is -2.32. The summed E-state index contributed by atoms with van der Waals surface area (Å²) >= 11 is 0. The van der Waals surface area contributed by atoms with E-state index in [4.69, 9.17) is 0 Å². The van der Waals surface area contributed by atoms with Gasteiger partial charge in [-0.25, -0.2) is 9.50 Å². The van der Waals surface area contributed by atoms with Gasteiger partial charge in [-0.3, -0.25) is 4.79 Å². The van der Waals surface area contributed by atoms with Crippen molar-refractivity contribution in [2.45, 2.75) is 51.2 Å². The maximum atomic E-state index is 14.1. The first-order valence-electron chi connectivity index (χ1n) is 10.2. The van der Waals surface area contributed by atoms with Crippen LogP contribution in [0.4, 0.5) is 13.2 Å². The summed E-state index contributed by atoms with van der Waals surface area (Å²) in [5.41, 5.74) is 1.40. The van der Waals surface area contributed by atoms with Crippen LogP contribution in [0.15, 0.2) is 30.3 Å². The first-order chi connectivity index (χ1) is 14.3. The standard InChI is InChI=1S/C22H21F3N4O/c1-13-6-4-5-11-28(13)21(30)17-12-18-26-19-15-8-3-2-7-14(15)9-10-16(19)20(22(23,24)25)29(18)27-17/h2-3,7-8,12-13H,4-6,9-11H2,1H3/t13-/m0/s1. The number of benzene rings is 1. The second-order valence-electron chi connectivity index (χ2n) is 8.09. The Bertz CT molecular complexity index is 1150. The summed E-state index contributed by atoms with van der Waals surface area (Å²) in [4.78, 5) is 19.2.